The summed E-state index contributed by atoms with van der Waals surface area (Å²) in [6, 6.07) is 0.373. The van der Waals surface area contributed by atoms with E-state index in [4.69, 9.17) is 4.74 Å². The van der Waals surface area contributed by atoms with Gasteiger partial charge < -0.3 is 25.4 Å². The van der Waals surface area contributed by atoms with Crippen LogP contribution in [0.3, 0.4) is 0 Å². The van der Waals surface area contributed by atoms with Crippen molar-refractivity contribution in [3.63, 3.8) is 0 Å². The van der Waals surface area contributed by atoms with E-state index in [0.29, 0.717) is 25.7 Å². The van der Waals surface area contributed by atoms with Crippen molar-refractivity contribution in [3.8, 4) is 0 Å². The van der Waals surface area contributed by atoms with E-state index >= 15 is 0 Å². The molecule has 2 aliphatic rings. The second kappa shape index (κ2) is 7.15. The summed E-state index contributed by atoms with van der Waals surface area (Å²) in [6.45, 7) is 9.51. The van der Waals surface area contributed by atoms with Crippen LogP contribution in [0, 0.1) is 0 Å². The lowest BCUT2D eigenvalue weighted by atomic mass is 9.91. The molecule has 0 aromatic heterocycles. The highest BCUT2D eigenvalue weighted by molar-refractivity contribution is 5.68. The maximum absolute atomic E-state index is 12.0. The fourth-order valence-electron chi connectivity index (χ4n) is 3.00. The van der Waals surface area contributed by atoms with Gasteiger partial charge in [0.1, 0.15) is 5.60 Å². The first-order chi connectivity index (χ1) is 10.3. The molecule has 0 aromatic rings. The van der Waals surface area contributed by atoms with Crippen LogP contribution in [0.4, 0.5) is 4.79 Å². The first kappa shape index (κ1) is 17.5. The van der Waals surface area contributed by atoms with Crippen LogP contribution in [-0.2, 0) is 4.74 Å². The van der Waals surface area contributed by atoms with E-state index in [9.17, 15) is 9.90 Å². The Balaban J connectivity index is 1.70. The number of piperidine rings is 2. The average Bonchev–Trinajstić information content (AvgIpc) is 2.45. The molecule has 2 rings (SSSR count). The van der Waals surface area contributed by atoms with Crippen molar-refractivity contribution in [2.45, 2.75) is 63.7 Å². The van der Waals surface area contributed by atoms with Gasteiger partial charge in [0.15, 0.2) is 0 Å². The first-order valence-corrected chi connectivity index (χ1v) is 8.42. The second-order valence-electron chi connectivity index (χ2n) is 7.60. The number of rotatable bonds is 3. The molecule has 2 heterocycles. The summed E-state index contributed by atoms with van der Waals surface area (Å²) in [5.41, 5.74) is -1.02. The molecular weight excluding hydrogens is 282 g/mol. The van der Waals surface area contributed by atoms with Gasteiger partial charge in [-0.25, -0.2) is 4.79 Å². The van der Waals surface area contributed by atoms with Crippen molar-refractivity contribution in [1.82, 2.24) is 15.5 Å². The minimum Gasteiger partial charge on any atom is -0.444 e. The Bertz CT molecular complexity index is 367. The van der Waals surface area contributed by atoms with E-state index in [-0.39, 0.29) is 6.09 Å². The number of aliphatic hydroxyl groups is 1. The molecule has 0 saturated carbocycles. The highest BCUT2D eigenvalue weighted by Crippen LogP contribution is 2.19. The number of carbonyl (C=O) groups is 1. The summed E-state index contributed by atoms with van der Waals surface area (Å²) in [4.78, 5) is 13.8. The molecule has 22 heavy (non-hydrogen) atoms. The Morgan fingerprint density at radius 2 is 1.91 bits per heavy atom. The van der Waals surface area contributed by atoms with Gasteiger partial charge in [0.2, 0.25) is 0 Å². The standard InChI is InChI=1S/C16H31N3O3/c1-15(2,3)22-14(20)19-10-4-13(5-11-19)18-12-16(21)6-8-17-9-7-16/h13,17-18,21H,4-12H2,1-3H3. The highest BCUT2D eigenvalue weighted by atomic mass is 16.6. The van der Waals surface area contributed by atoms with Gasteiger partial charge in [-0.2, -0.15) is 0 Å². The van der Waals surface area contributed by atoms with E-state index in [1.54, 1.807) is 4.90 Å². The van der Waals surface area contributed by atoms with Gasteiger partial charge >= 0.3 is 6.09 Å². The molecule has 2 aliphatic heterocycles. The van der Waals surface area contributed by atoms with Crippen LogP contribution in [0.2, 0.25) is 0 Å². The second-order valence-corrected chi connectivity index (χ2v) is 7.60. The number of ether oxygens (including phenoxy) is 1. The molecule has 0 unspecified atom stereocenters. The summed E-state index contributed by atoms with van der Waals surface area (Å²) in [5.74, 6) is 0. The predicted octanol–water partition coefficient (Wildman–Crippen LogP) is 1.09. The van der Waals surface area contributed by atoms with E-state index in [1.807, 2.05) is 20.8 Å². The Hall–Kier alpha value is -0.850. The zero-order chi connectivity index (χ0) is 16.2. The smallest absolute Gasteiger partial charge is 0.410 e. The molecule has 2 saturated heterocycles. The van der Waals surface area contributed by atoms with Crippen molar-refractivity contribution in [2.75, 3.05) is 32.7 Å². The normalized spacial score (nSPS) is 23.4. The molecule has 3 N–H and O–H groups in total. The van der Waals surface area contributed by atoms with Gasteiger partial charge in [0, 0.05) is 25.7 Å². The molecule has 0 aromatic carbocycles. The van der Waals surface area contributed by atoms with Crippen LogP contribution < -0.4 is 10.6 Å². The highest BCUT2D eigenvalue weighted by Gasteiger charge is 2.31. The zero-order valence-electron chi connectivity index (χ0n) is 14.2. The first-order valence-electron chi connectivity index (χ1n) is 8.42. The largest absolute Gasteiger partial charge is 0.444 e. The van der Waals surface area contributed by atoms with Crippen molar-refractivity contribution < 1.29 is 14.6 Å². The number of hydrogen-bond acceptors (Lipinski definition) is 5. The number of likely N-dealkylation sites (tertiary alicyclic amines) is 1. The molecule has 0 spiro atoms. The summed E-state index contributed by atoms with van der Waals surface area (Å²) in [6.07, 6.45) is 3.21. The van der Waals surface area contributed by atoms with Crippen molar-refractivity contribution >= 4 is 6.09 Å². The fourth-order valence-corrected chi connectivity index (χ4v) is 3.00. The molecule has 0 aliphatic carbocycles. The number of nitrogens with one attached hydrogen (secondary N) is 2. The third kappa shape index (κ3) is 5.41. The molecule has 1 amide bonds. The van der Waals surface area contributed by atoms with Gasteiger partial charge in [-0.15, -0.1) is 0 Å². The van der Waals surface area contributed by atoms with E-state index in [1.165, 1.54) is 0 Å². The van der Waals surface area contributed by atoms with Crippen LogP contribution in [0.25, 0.3) is 0 Å². The van der Waals surface area contributed by atoms with Gasteiger partial charge in [0.05, 0.1) is 5.60 Å². The molecule has 0 atom stereocenters. The lowest BCUT2D eigenvalue weighted by molar-refractivity contribution is 0.00327. The van der Waals surface area contributed by atoms with E-state index in [0.717, 1.165) is 38.8 Å². The Morgan fingerprint density at radius 3 is 2.45 bits per heavy atom. The summed E-state index contributed by atoms with van der Waals surface area (Å²) in [7, 11) is 0. The molecule has 2 fully saturated rings. The Labute approximate surface area is 133 Å². The zero-order valence-corrected chi connectivity index (χ0v) is 14.2. The maximum Gasteiger partial charge on any atom is 0.410 e. The Morgan fingerprint density at radius 1 is 1.32 bits per heavy atom. The molecule has 6 nitrogen and oxygen atoms in total. The van der Waals surface area contributed by atoms with Crippen LogP contribution >= 0.6 is 0 Å². The molecular formula is C16H31N3O3. The van der Waals surface area contributed by atoms with Crippen LogP contribution in [0.5, 0.6) is 0 Å². The predicted molar refractivity (Wildman–Crippen MR) is 85.9 cm³/mol. The summed E-state index contributed by atoms with van der Waals surface area (Å²) >= 11 is 0. The van der Waals surface area contributed by atoms with E-state index in [2.05, 4.69) is 10.6 Å². The fraction of sp³-hybridized carbons (Fsp3) is 0.938. The van der Waals surface area contributed by atoms with Crippen molar-refractivity contribution in [1.29, 1.82) is 0 Å². The minimum atomic E-state index is -0.576. The van der Waals surface area contributed by atoms with Gasteiger partial charge in [-0.1, -0.05) is 0 Å². The third-order valence-electron chi connectivity index (χ3n) is 4.40. The number of hydrogen-bond donors (Lipinski definition) is 3. The number of nitrogens with zero attached hydrogens (tertiary/aromatic N) is 1. The lowest BCUT2D eigenvalue weighted by Crippen LogP contribution is -2.53. The van der Waals surface area contributed by atoms with Gasteiger partial charge in [0.25, 0.3) is 0 Å². The summed E-state index contributed by atoms with van der Waals surface area (Å²) in [5, 5.41) is 17.2. The number of carbonyl (C=O) groups excluding carboxylic acids is 1. The van der Waals surface area contributed by atoms with Crippen molar-refractivity contribution in [3.05, 3.63) is 0 Å². The SMILES string of the molecule is CC(C)(C)OC(=O)N1CCC(NCC2(O)CCNCC2)CC1. The van der Waals surface area contributed by atoms with Crippen LogP contribution in [0.1, 0.15) is 46.5 Å². The number of amides is 1. The van der Waals surface area contributed by atoms with Crippen LogP contribution in [-0.4, -0.2) is 66.1 Å². The van der Waals surface area contributed by atoms with Crippen LogP contribution in [0.15, 0.2) is 0 Å². The van der Waals surface area contributed by atoms with Crippen molar-refractivity contribution in [2.24, 2.45) is 0 Å². The maximum atomic E-state index is 12.0. The minimum absolute atomic E-state index is 0.220. The molecule has 0 bridgehead atoms. The lowest BCUT2D eigenvalue weighted by Gasteiger charge is -2.37. The molecule has 0 radical (unpaired) electrons. The average molecular weight is 313 g/mol. The quantitative estimate of drug-likeness (QED) is 0.727. The monoisotopic (exact) mass is 313 g/mol. The molecule has 6 heteroatoms. The van der Waals surface area contributed by atoms with Gasteiger partial charge in [-0.05, 0) is 59.5 Å². The van der Waals surface area contributed by atoms with Gasteiger partial charge in [-0.3, -0.25) is 0 Å². The van der Waals surface area contributed by atoms with E-state index < -0.39 is 11.2 Å². The summed E-state index contributed by atoms with van der Waals surface area (Å²) < 4.78 is 5.40. The Kier molecular flexibility index (Phi) is 5.69. The molecule has 128 valence electrons. The topological polar surface area (TPSA) is 73.8 Å². The third-order valence-corrected chi connectivity index (χ3v) is 4.40.